The highest BCUT2D eigenvalue weighted by Crippen LogP contribution is 2.15. The van der Waals surface area contributed by atoms with Gasteiger partial charge in [0.1, 0.15) is 0 Å². The molecule has 0 aliphatic rings. The molecule has 0 atom stereocenters. The number of rotatable bonds is 3. The minimum absolute atomic E-state index is 0.224. The van der Waals surface area contributed by atoms with Crippen LogP contribution in [0.4, 0.5) is 5.69 Å². The fourth-order valence-electron chi connectivity index (χ4n) is 1.40. The van der Waals surface area contributed by atoms with E-state index in [1.54, 1.807) is 45.0 Å². The molecule has 0 bridgehead atoms. The summed E-state index contributed by atoms with van der Waals surface area (Å²) >= 11 is 0. The molecule has 0 spiro atoms. The van der Waals surface area contributed by atoms with E-state index in [2.05, 4.69) is 21.3 Å². The first-order valence-electron chi connectivity index (χ1n) is 5.83. The van der Waals surface area contributed by atoms with E-state index in [-0.39, 0.29) is 6.54 Å². The third kappa shape index (κ3) is 5.75. The second-order valence-corrected chi connectivity index (χ2v) is 6.42. The van der Waals surface area contributed by atoms with Gasteiger partial charge in [-0.15, -0.1) is 0 Å². The van der Waals surface area contributed by atoms with E-state index in [1.807, 2.05) is 0 Å². The lowest BCUT2D eigenvalue weighted by molar-refractivity contribution is 0.494. The van der Waals surface area contributed by atoms with Crippen molar-refractivity contribution in [2.75, 3.05) is 11.3 Å². The minimum atomic E-state index is -3.64. The van der Waals surface area contributed by atoms with E-state index < -0.39 is 15.7 Å². The number of nitrogens with one attached hydrogen (secondary N) is 2. The van der Waals surface area contributed by atoms with Crippen molar-refractivity contribution < 1.29 is 8.42 Å². The van der Waals surface area contributed by atoms with Gasteiger partial charge in [0.2, 0.25) is 0 Å². The molecular formula is C13H19N3O2S. The summed E-state index contributed by atoms with van der Waals surface area (Å²) in [6.07, 6.45) is 0. The van der Waals surface area contributed by atoms with E-state index >= 15 is 0 Å². The van der Waals surface area contributed by atoms with Gasteiger partial charge in [0, 0.05) is 11.1 Å². The zero-order valence-corrected chi connectivity index (χ0v) is 12.1. The molecule has 0 heterocycles. The van der Waals surface area contributed by atoms with Crippen LogP contribution in [0.2, 0.25) is 0 Å². The Morgan fingerprint density at radius 3 is 2.47 bits per heavy atom. The molecule has 1 aromatic carbocycles. The van der Waals surface area contributed by atoms with Gasteiger partial charge in [-0.1, -0.05) is 24.0 Å². The number of hydrogen-bond acceptors (Lipinski definition) is 3. The summed E-state index contributed by atoms with van der Waals surface area (Å²) in [7, 11) is -3.64. The quantitative estimate of drug-likeness (QED) is 0.724. The first kappa shape index (κ1) is 15.5. The van der Waals surface area contributed by atoms with Crippen molar-refractivity contribution in [1.29, 1.82) is 0 Å². The summed E-state index contributed by atoms with van der Waals surface area (Å²) in [6.45, 7) is 5.53. The Bertz CT molecular complexity index is 592. The topological polar surface area (TPSA) is 84.2 Å². The highest BCUT2D eigenvalue weighted by Gasteiger charge is 2.20. The van der Waals surface area contributed by atoms with Crippen LogP contribution in [0.15, 0.2) is 24.3 Å². The molecule has 0 radical (unpaired) electrons. The molecule has 0 saturated carbocycles. The SMILES string of the molecule is CC(C)(C)NS(=O)(=O)Nc1ccccc1C#CCN. The predicted molar refractivity (Wildman–Crippen MR) is 77.8 cm³/mol. The second-order valence-electron chi connectivity index (χ2n) is 5.01. The summed E-state index contributed by atoms with van der Waals surface area (Å²) in [6, 6.07) is 6.91. The van der Waals surface area contributed by atoms with Crippen LogP contribution in [0.3, 0.4) is 0 Å². The van der Waals surface area contributed by atoms with Gasteiger partial charge in [-0.05, 0) is 32.9 Å². The summed E-state index contributed by atoms with van der Waals surface area (Å²) in [5.74, 6) is 5.53. The van der Waals surface area contributed by atoms with Gasteiger partial charge in [0.15, 0.2) is 0 Å². The standard InChI is InChI=1S/C13H19N3O2S/c1-13(2,3)16-19(17,18)15-12-9-5-4-7-11(12)8-6-10-14/h4-5,7,9,15-16H,10,14H2,1-3H3. The Balaban J connectivity index is 3.00. The third-order valence-corrected chi connectivity index (χ3v) is 3.31. The normalized spacial score (nSPS) is 11.6. The minimum Gasteiger partial charge on any atom is -0.320 e. The average Bonchev–Trinajstić information content (AvgIpc) is 2.24. The lowest BCUT2D eigenvalue weighted by Crippen LogP contribution is -2.43. The van der Waals surface area contributed by atoms with Crippen molar-refractivity contribution in [1.82, 2.24) is 4.72 Å². The highest BCUT2D eigenvalue weighted by atomic mass is 32.2. The van der Waals surface area contributed by atoms with Gasteiger partial charge >= 0.3 is 0 Å². The van der Waals surface area contributed by atoms with E-state index in [1.165, 1.54) is 0 Å². The third-order valence-electron chi connectivity index (χ3n) is 1.94. The molecule has 1 rings (SSSR count). The molecule has 4 N–H and O–H groups in total. The molecule has 0 aliphatic heterocycles. The number of para-hydroxylation sites is 1. The van der Waals surface area contributed by atoms with Crippen LogP contribution in [0.25, 0.3) is 0 Å². The van der Waals surface area contributed by atoms with Gasteiger partial charge in [0.25, 0.3) is 10.2 Å². The van der Waals surface area contributed by atoms with Gasteiger partial charge in [-0.3, -0.25) is 4.72 Å². The van der Waals surface area contributed by atoms with Crippen LogP contribution in [-0.2, 0) is 10.2 Å². The van der Waals surface area contributed by atoms with Gasteiger partial charge in [-0.2, -0.15) is 13.1 Å². The summed E-state index contributed by atoms with van der Waals surface area (Å²) in [5.41, 5.74) is 5.78. The van der Waals surface area contributed by atoms with Crippen molar-refractivity contribution in [2.45, 2.75) is 26.3 Å². The van der Waals surface area contributed by atoms with E-state index in [0.717, 1.165) is 0 Å². The van der Waals surface area contributed by atoms with Crippen LogP contribution < -0.4 is 15.2 Å². The molecule has 0 fully saturated rings. The Morgan fingerprint density at radius 1 is 1.26 bits per heavy atom. The van der Waals surface area contributed by atoms with Crippen LogP contribution in [0.5, 0.6) is 0 Å². The fraction of sp³-hybridized carbons (Fsp3) is 0.385. The van der Waals surface area contributed by atoms with E-state index in [9.17, 15) is 8.42 Å². The summed E-state index contributed by atoms with van der Waals surface area (Å²) in [5, 5.41) is 0. The Labute approximate surface area is 114 Å². The van der Waals surface area contributed by atoms with Crippen LogP contribution in [0.1, 0.15) is 26.3 Å². The predicted octanol–water partition coefficient (Wildman–Crippen LogP) is 1.04. The molecule has 0 saturated heterocycles. The van der Waals surface area contributed by atoms with Crippen molar-refractivity contribution in [2.24, 2.45) is 5.73 Å². The molecule has 0 amide bonds. The van der Waals surface area contributed by atoms with E-state index in [0.29, 0.717) is 11.3 Å². The Kier molecular flexibility index (Phi) is 4.95. The number of nitrogens with two attached hydrogens (primary N) is 1. The number of hydrogen-bond donors (Lipinski definition) is 3. The van der Waals surface area contributed by atoms with Crippen LogP contribution in [-0.4, -0.2) is 20.5 Å². The van der Waals surface area contributed by atoms with Crippen LogP contribution in [0, 0.1) is 11.8 Å². The van der Waals surface area contributed by atoms with Gasteiger partial charge in [-0.25, -0.2) is 0 Å². The maximum Gasteiger partial charge on any atom is 0.299 e. The van der Waals surface area contributed by atoms with Crippen molar-refractivity contribution in [3.8, 4) is 11.8 Å². The second kappa shape index (κ2) is 6.06. The number of benzene rings is 1. The van der Waals surface area contributed by atoms with Crippen LogP contribution >= 0.6 is 0 Å². The first-order chi connectivity index (χ1) is 8.73. The molecule has 0 aromatic heterocycles. The lowest BCUT2D eigenvalue weighted by Gasteiger charge is -2.21. The molecule has 5 nitrogen and oxygen atoms in total. The monoisotopic (exact) mass is 281 g/mol. The fourth-order valence-corrected chi connectivity index (χ4v) is 2.73. The van der Waals surface area contributed by atoms with E-state index in [4.69, 9.17) is 5.73 Å². The molecule has 104 valence electrons. The molecule has 19 heavy (non-hydrogen) atoms. The largest absolute Gasteiger partial charge is 0.320 e. The zero-order valence-electron chi connectivity index (χ0n) is 11.3. The maximum absolute atomic E-state index is 11.9. The van der Waals surface area contributed by atoms with Crippen molar-refractivity contribution >= 4 is 15.9 Å². The molecular weight excluding hydrogens is 262 g/mol. The Morgan fingerprint density at radius 2 is 1.89 bits per heavy atom. The Hall–Kier alpha value is -1.55. The molecule has 0 unspecified atom stereocenters. The van der Waals surface area contributed by atoms with Gasteiger partial charge in [0.05, 0.1) is 12.2 Å². The zero-order chi connectivity index (χ0) is 14.5. The lowest BCUT2D eigenvalue weighted by atomic mass is 10.1. The number of anilines is 1. The molecule has 0 aliphatic carbocycles. The van der Waals surface area contributed by atoms with Crippen molar-refractivity contribution in [3.63, 3.8) is 0 Å². The van der Waals surface area contributed by atoms with Gasteiger partial charge < -0.3 is 5.73 Å². The molecule has 6 heteroatoms. The smallest absolute Gasteiger partial charge is 0.299 e. The highest BCUT2D eigenvalue weighted by molar-refractivity contribution is 7.90. The first-order valence-corrected chi connectivity index (χ1v) is 7.31. The average molecular weight is 281 g/mol. The summed E-state index contributed by atoms with van der Waals surface area (Å²) in [4.78, 5) is 0. The summed E-state index contributed by atoms with van der Waals surface area (Å²) < 4.78 is 28.9. The molecule has 1 aromatic rings. The maximum atomic E-state index is 11.9. The van der Waals surface area contributed by atoms with Crippen molar-refractivity contribution in [3.05, 3.63) is 29.8 Å².